The van der Waals surface area contributed by atoms with E-state index in [2.05, 4.69) is 35.5 Å². The molecule has 1 aromatic carbocycles. The number of carboxylic acids is 1. The van der Waals surface area contributed by atoms with Gasteiger partial charge in [0.15, 0.2) is 12.4 Å². The molecule has 0 aliphatic heterocycles. The minimum absolute atomic E-state index is 0.305. The molecular weight excluding hydrogens is 398 g/mol. The van der Waals surface area contributed by atoms with Crippen LogP contribution in [0.5, 0.6) is 5.75 Å². The number of ether oxygens (including phenoxy) is 1. The van der Waals surface area contributed by atoms with Gasteiger partial charge < -0.3 is 15.2 Å². The van der Waals surface area contributed by atoms with Crippen molar-refractivity contribution in [3.8, 4) is 17.1 Å². The number of aryl methyl sites for hydroxylation is 2. The second-order valence-corrected chi connectivity index (χ2v) is 6.88. The lowest BCUT2D eigenvalue weighted by Crippen LogP contribution is -2.10. The van der Waals surface area contributed by atoms with Crippen molar-refractivity contribution in [1.82, 2.24) is 30.1 Å². The van der Waals surface area contributed by atoms with Gasteiger partial charge in [-0.3, -0.25) is 0 Å². The Balaban J connectivity index is 1.76. The van der Waals surface area contributed by atoms with Crippen molar-refractivity contribution >= 4 is 22.7 Å². The van der Waals surface area contributed by atoms with E-state index in [-0.39, 0.29) is 0 Å². The molecule has 0 bridgehead atoms. The Hall–Kier alpha value is -4.21. The molecule has 0 atom stereocenters. The number of aromatic nitrogens is 6. The molecule has 3 aromatic heterocycles. The van der Waals surface area contributed by atoms with Crippen molar-refractivity contribution in [3.05, 3.63) is 59.9 Å². The maximum Gasteiger partial charge on any atom is 0.341 e. The number of hydrogen-bond donors (Lipinski definition) is 2. The molecule has 0 saturated heterocycles. The lowest BCUT2D eigenvalue weighted by Gasteiger charge is -2.13. The molecule has 0 aliphatic carbocycles. The van der Waals surface area contributed by atoms with E-state index in [1.165, 1.54) is 6.33 Å². The number of fused-ring (bicyclic) bond motifs is 1. The molecule has 0 radical (unpaired) electrons. The van der Waals surface area contributed by atoms with Gasteiger partial charge in [-0.05, 0) is 43.7 Å². The summed E-state index contributed by atoms with van der Waals surface area (Å²) in [5.74, 6) is 0.239. The first-order valence-electron chi connectivity index (χ1n) is 9.45. The second kappa shape index (κ2) is 8.66. The van der Waals surface area contributed by atoms with Gasteiger partial charge in [0.05, 0.1) is 17.9 Å². The van der Waals surface area contributed by atoms with Crippen LogP contribution in [0.2, 0.25) is 0 Å². The van der Waals surface area contributed by atoms with Crippen molar-refractivity contribution in [2.75, 3.05) is 11.9 Å². The van der Waals surface area contributed by atoms with E-state index in [9.17, 15) is 4.79 Å². The van der Waals surface area contributed by atoms with Crippen molar-refractivity contribution in [2.24, 2.45) is 0 Å². The quantitative estimate of drug-likeness (QED) is 0.461. The highest BCUT2D eigenvalue weighted by atomic mass is 16.5. The summed E-state index contributed by atoms with van der Waals surface area (Å²) in [5.41, 5.74) is 3.64. The summed E-state index contributed by atoms with van der Waals surface area (Å²) >= 11 is 0. The van der Waals surface area contributed by atoms with Crippen LogP contribution >= 0.6 is 0 Å². The molecule has 2 N–H and O–H groups in total. The number of carbonyl (C=O) groups is 1. The summed E-state index contributed by atoms with van der Waals surface area (Å²) in [4.78, 5) is 28.4. The number of rotatable bonds is 7. The van der Waals surface area contributed by atoms with Crippen molar-refractivity contribution in [1.29, 1.82) is 0 Å². The van der Waals surface area contributed by atoms with Crippen LogP contribution in [-0.4, -0.2) is 47.8 Å². The molecule has 4 rings (SSSR count). The Kier molecular flexibility index (Phi) is 5.61. The van der Waals surface area contributed by atoms with E-state index >= 15 is 0 Å². The van der Waals surface area contributed by atoms with E-state index < -0.39 is 12.6 Å². The fourth-order valence-electron chi connectivity index (χ4n) is 2.89. The molecular formula is C21H19N7O3. The maximum absolute atomic E-state index is 11.0. The highest BCUT2D eigenvalue weighted by Crippen LogP contribution is 2.33. The molecule has 0 unspecified atom stereocenters. The Labute approximate surface area is 177 Å². The Morgan fingerprint density at radius 1 is 1.06 bits per heavy atom. The topological polar surface area (TPSA) is 136 Å². The zero-order chi connectivity index (χ0) is 21.8. The van der Waals surface area contributed by atoms with Crippen molar-refractivity contribution in [3.63, 3.8) is 0 Å². The van der Waals surface area contributed by atoms with Crippen LogP contribution < -0.4 is 10.1 Å². The van der Waals surface area contributed by atoms with Crippen LogP contribution in [0.3, 0.4) is 0 Å². The molecule has 3 heterocycles. The van der Waals surface area contributed by atoms with Crippen LogP contribution in [0.15, 0.2) is 43.0 Å². The molecule has 0 aliphatic rings. The van der Waals surface area contributed by atoms with Gasteiger partial charge in [-0.2, -0.15) is 10.2 Å². The molecule has 0 amide bonds. The molecule has 10 nitrogen and oxygen atoms in total. The molecule has 156 valence electrons. The van der Waals surface area contributed by atoms with Crippen LogP contribution in [-0.2, 0) is 11.3 Å². The molecule has 10 heteroatoms. The van der Waals surface area contributed by atoms with E-state index in [1.807, 2.05) is 32.0 Å². The van der Waals surface area contributed by atoms with Crippen LogP contribution in [0.4, 0.5) is 5.82 Å². The van der Waals surface area contributed by atoms with Gasteiger partial charge in [-0.1, -0.05) is 0 Å². The fourth-order valence-corrected chi connectivity index (χ4v) is 2.89. The van der Waals surface area contributed by atoms with E-state index in [0.29, 0.717) is 40.4 Å². The first-order chi connectivity index (χ1) is 15.0. The number of benzene rings is 1. The predicted octanol–water partition coefficient (Wildman–Crippen LogP) is 2.57. The van der Waals surface area contributed by atoms with E-state index in [4.69, 9.17) is 9.84 Å². The Bertz CT molecular complexity index is 1230. The van der Waals surface area contributed by atoms with Gasteiger partial charge in [-0.15, -0.1) is 0 Å². The van der Waals surface area contributed by atoms with E-state index in [1.54, 1.807) is 18.5 Å². The normalized spacial score (nSPS) is 10.8. The summed E-state index contributed by atoms with van der Waals surface area (Å²) in [6.07, 6.45) is 4.81. The van der Waals surface area contributed by atoms with Gasteiger partial charge in [-0.25, -0.2) is 24.7 Å². The zero-order valence-corrected chi connectivity index (χ0v) is 16.9. The molecule has 0 spiro atoms. The fraction of sp³-hybridized carbons (Fsp3) is 0.190. The monoisotopic (exact) mass is 417 g/mol. The van der Waals surface area contributed by atoms with Crippen LogP contribution in [0.25, 0.3) is 22.3 Å². The van der Waals surface area contributed by atoms with Gasteiger partial charge in [0, 0.05) is 23.3 Å². The summed E-state index contributed by atoms with van der Waals surface area (Å²) in [7, 11) is 0. The summed E-state index contributed by atoms with van der Waals surface area (Å²) in [5, 5.41) is 21.1. The summed E-state index contributed by atoms with van der Waals surface area (Å²) < 4.78 is 5.50. The van der Waals surface area contributed by atoms with Crippen LogP contribution in [0, 0.1) is 13.8 Å². The molecule has 0 fully saturated rings. The van der Waals surface area contributed by atoms with E-state index in [0.717, 1.165) is 17.0 Å². The lowest BCUT2D eigenvalue weighted by atomic mass is 10.1. The lowest BCUT2D eigenvalue weighted by molar-refractivity contribution is -0.139. The van der Waals surface area contributed by atoms with Gasteiger partial charge in [0.2, 0.25) is 0 Å². The number of nitrogens with zero attached hydrogens (tertiary/aromatic N) is 6. The first kappa shape index (κ1) is 20.1. The third kappa shape index (κ3) is 4.69. The average Bonchev–Trinajstić information content (AvgIpc) is 2.77. The Morgan fingerprint density at radius 3 is 2.58 bits per heavy atom. The first-order valence-corrected chi connectivity index (χ1v) is 9.45. The molecule has 0 saturated carbocycles. The smallest absolute Gasteiger partial charge is 0.341 e. The second-order valence-electron chi connectivity index (χ2n) is 6.88. The maximum atomic E-state index is 11.0. The van der Waals surface area contributed by atoms with Gasteiger partial charge in [0.25, 0.3) is 0 Å². The number of carboxylic acid groups (broad SMARTS) is 1. The minimum Gasteiger partial charge on any atom is -0.480 e. The number of nitrogens with one attached hydrogen (secondary N) is 1. The van der Waals surface area contributed by atoms with Crippen molar-refractivity contribution in [2.45, 2.75) is 20.4 Å². The average molecular weight is 417 g/mol. The highest BCUT2D eigenvalue weighted by Gasteiger charge is 2.15. The predicted molar refractivity (Wildman–Crippen MR) is 113 cm³/mol. The zero-order valence-electron chi connectivity index (χ0n) is 16.9. The van der Waals surface area contributed by atoms with Gasteiger partial charge in [0.1, 0.15) is 23.4 Å². The third-order valence-electron chi connectivity index (χ3n) is 4.38. The SMILES string of the molecule is Cc1cnc(-c2cc(OCC(=O)O)c3ncnc(NCc4ccc(C)nn4)c3c2)nc1. The third-order valence-corrected chi connectivity index (χ3v) is 4.38. The highest BCUT2D eigenvalue weighted by molar-refractivity contribution is 5.96. The standard InChI is InChI=1S/C21H19N7O3/c1-12-7-22-20(23-8-12)14-5-16-19(17(6-14)31-10-18(29)30)25-11-26-21(16)24-9-15-4-3-13(2)27-28-15/h3-8,11H,9-10H2,1-2H3,(H,29,30)(H,24,25,26). The summed E-state index contributed by atoms with van der Waals surface area (Å²) in [6, 6.07) is 7.29. The summed E-state index contributed by atoms with van der Waals surface area (Å²) in [6.45, 7) is 3.67. The molecule has 4 aromatic rings. The number of hydrogen-bond acceptors (Lipinski definition) is 9. The number of aliphatic carboxylic acids is 1. The van der Waals surface area contributed by atoms with Gasteiger partial charge >= 0.3 is 5.97 Å². The number of anilines is 1. The van der Waals surface area contributed by atoms with Crippen molar-refractivity contribution < 1.29 is 14.6 Å². The largest absolute Gasteiger partial charge is 0.480 e. The Morgan fingerprint density at radius 2 is 1.87 bits per heavy atom. The van der Waals surface area contributed by atoms with Crippen LogP contribution in [0.1, 0.15) is 17.0 Å². The minimum atomic E-state index is -1.09. The molecule has 31 heavy (non-hydrogen) atoms.